The molecule has 1 saturated carbocycles. The molecule has 5 heteroatoms. The van der Waals surface area contributed by atoms with Crippen molar-refractivity contribution in [2.75, 3.05) is 19.8 Å². The molecule has 2 fully saturated rings. The van der Waals surface area contributed by atoms with Crippen molar-refractivity contribution >= 4 is 11.9 Å². The minimum atomic E-state index is -0.726. The third kappa shape index (κ3) is 4.60. The number of hydrogen-bond donors (Lipinski definition) is 1. The van der Waals surface area contributed by atoms with E-state index in [1.165, 1.54) is 5.56 Å². The van der Waals surface area contributed by atoms with Gasteiger partial charge in [0.05, 0.1) is 18.6 Å². The third-order valence-electron chi connectivity index (χ3n) is 5.54. The van der Waals surface area contributed by atoms with E-state index in [2.05, 4.69) is 12.1 Å². The summed E-state index contributed by atoms with van der Waals surface area (Å²) in [5, 5.41) is 9.14. The van der Waals surface area contributed by atoms with Gasteiger partial charge < -0.3 is 14.7 Å². The summed E-state index contributed by atoms with van der Waals surface area (Å²) in [6.45, 7) is 2.03. The molecule has 3 rings (SSSR count). The lowest BCUT2D eigenvalue weighted by Crippen LogP contribution is -2.46. The van der Waals surface area contributed by atoms with Crippen LogP contribution in [0.1, 0.15) is 37.7 Å². The van der Waals surface area contributed by atoms with Crippen molar-refractivity contribution in [1.82, 2.24) is 4.90 Å². The molecule has 1 aliphatic heterocycles. The Hall–Kier alpha value is -1.88. The van der Waals surface area contributed by atoms with Crippen molar-refractivity contribution in [3.63, 3.8) is 0 Å². The van der Waals surface area contributed by atoms with Crippen LogP contribution in [0.25, 0.3) is 0 Å². The molecule has 5 nitrogen and oxygen atoms in total. The first kappa shape index (κ1) is 17.9. The molecule has 1 atom stereocenters. The number of rotatable bonds is 6. The Morgan fingerprint density at radius 1 is 1.04 bits per heavy atom. The predicted octanol–water partition coefficient (Wildman–Crippen LogP) is 2.74. The highest BCUT2D eigenvalue weighted by molar-refractivity contribution is 5.80. The average molecular weight is 345 g/mol. The first-order valence-electron chi connectivity index (χ1n) is 9.30. The molecule has 1 unspecified atom stereocenters. The number of amides is 1. The summed E-state index contributed by atoms with van der Waals surface area (Å²) in [5.74, 6) is -0.852. The van der Waals surface area contributed by atoms with Gasteiger partial charge >= 0.3 is 5.97 Å². The molecule has 1 N–H and O–H groups in total. The lowest BCUT2D eigenvalue weighted by molar-refractivity contribution is -0.146. The second kappa shape index (κ2) is 8.48. The van der Waals surface area contributed by atoms with E-state index in [0.717, 1.165) is 12.8 Å². The van der Waals surface area contributed by atoms with Crippen LogP contribution in [-0.2, 0) is 20.7 Å². The summed E-state index contributed by atoms with van der Waals surface area (Å²) < 4.78 is 5.50. The third-order valence-corrected chi connectivity index (χ3v) is 5.54. The molecule has 0 bridgehead atoms. The van der Waals surface area contributed by atoms with Gasteiger partial charge in [0.2, 0.25) is 5.91 Å². The molecule has 1 aromatic carbocycles. The van der Waals surface area contributed by atoms with Gasteiger partial charge in [-0.3, -0.25) is 9.59 Å². The van der Waals surface area contributed by atoms with E-state index >= 15 is 0 Å². The van der Waals surface area contributed by atoms with Gasteiger partial charge in [-0.1, -0.05) is 30.3 Å². The SMILES string of the molecule is O=C(O)C1CCC(C(=O)N(CCc2ccccc2)C2CCOC2)CC1. The van der Waals surface area contributed by atoms with E-state index in [4.69, 9.17) is 9.84 Å². The summed E-state index contributed by atoms with van der Waals surface area (Å²) in [5.41, 5.74) is 1.23. The van der Waals surface area contributed by atoms with Crippen LogP contribution >= 0.6 is 0 Å². The summed E-state index contributed by atoms with van der Waals surface area (Å²) in [4.78, 5) is 26.2. The van der Waals surface area contributed by atoms with E-state index in [-0.39, 0.29) is 23.8 Å². The maximum atomic E-state index is 13.1. The molecule has 1 amide bonds. The van der Waals surface area contributed by atoms with Crippen LogP contribution in [-0.4, -0.2) is 47.7 Å². The first-order chi connectivity index (χ1) is 12.1. The number of aliphatic carboxylic acids is 1. The van der Waals surface area contributed by atoms with E-state index < -0.39 is 5.97 Å². The number of ether oxygens (including phenoxy) is 1. The van der Waals surface area contributed by atoms with Gasteiger partial charge in [-0.25, -0.2) is 0 Å². The predicted molar refractivity (Wildman–Crippen MR) is 94.2 cm³/mol. The number of hydrogen-bond acceptors (Lipinski definition) is 3. The molecular formula is C20H27NO4. The number of carbonyl (C=O) groups excluding carboxylic acids is 1. The normalized spacial score (nSPS) is 26.3. The van der Waals surface area contributed by atoms with Crippen LogP contribution in [0.4, 0.5) is 0 Å². The van der Waals surface area contributed by atoms with Crippen molar-refractivity contribution in [1.29, 1.82) is 0 Å². The van der Waals surface area contributed by atoms with Crippen molar-refractivity contribution < 1.29 is 19.4 Å². The topological polar surface area (TPSA) is 66.8 Å². The summed E-state index contributed by atoms with van der Waals surface area (Å²) in [6.07, 6.45) is 4.33. The van der Waals surface area contributed by atoms with Crippen molar-refractivity contribution in [2.24, 2.45) is 11.8 Å². The summed E-state index contributed by atoms with van der Waals surface area (Å²) >= 11 is 0. The molecule has 1 aromatic rings. The van der Waals surface area contributed by atoms with Gasteiger partial charge in [0.25, 0.3) is 0 Å². The van der Waals surface area contributed by atoms with Crippen molar-refractivity contribution in [3.8, 4) is 0 Å². The molecule has 1 heterocycles. The van der Waals surface area contributed by atoms with Crippen LogP contribution in [0.2, 0.25) is 0 Å². The molecule has 0 radical (unpaired) electrons. The Morgan fingerprint density at radius 3 is 2.32 bits per heavy atom. The molecular weight excluding hydrogens is 318 g/mol. The van der Waals surface area contributed by atoms with Crippen molar-refractivity contribution in [2.45, 2.75) is 44.6 Å². The van der Waals surface area contributed by atoms with Crippen LogP contribution < -0.4 is 0 Å². The van der Waals surface area contributed by atoms with Gasteiger partial charge in [-0.05, 0) is 44.1 Å². The standard InChI is InChI=1S/C20H27NO4/c22-19(16-6-8-17(9-7-16)20(23)24)21(18-11-13-25-14-18)12-10-15-4-2-1-3-5-15/h1-5,16-18H,6-14H2,(H,23,24). The average Bonchev–Trinajstić information content (AvgIpc) is 3.17. The van der Waals surface area contributed by atoms with Crippen LogP contribution in [0.3, 0.4) is 0 Å². The monoisotopic (exact) mass is 345 g/mol. The molecule has 0 spiro atoms. The summed E-state index contributed by atoms with van der Waals surface area (Å²) in [6, 6.07) is 10.4. The molecule has 1 aliphatic carbocycles. The second-order valence-corrected chi connectivity index (χ2v) is 7.17. The minimum absolute atomic E-state index is 0.0352. The Labute approximate surface area is 149 Å². The number of carboxylic acids is 1. The van der Waals surface area contributed by atoms with E-state index in [1.54, 1.807) is 0 Å². The highest BCUT2D eigenvalue weighted by atomic mass is 16.5. The molecule has 1 saturated heterocycles. The largest absolute Gasteiger partial charge is 0.481 e. The van der Waals surface area contributed by atoms with Crippen molar-refractivity contribution in [3.05, 3.63) is 35.9 Å². The number of benzene rings is 1. The fourth-order valence-corrected chi connectivity index (χ4v) is 3.96. The maximum Gasteiger partial charge on any atom is 0.306 e. The zero-order valence-corrected chi connectivity index (χ0v) is 14.6. The van der Waals surface area contributed by atoms with Gasteiger partial charge in [-0.2, -0.15) is 0 Å². The molecule has 136 valence electrons. The van der Waals surface area contributed by atoms with Gasteiger partial charge in [0.1, 0.15) is 0 Å². The lowest BCUT2D eigenvalue weighted by atomic mass is 9.81. The number of nitrogens with zero attached hydrogens (tertiary/aromatic N) is 1. The van der Waals surface area contributed by atoms with E-state index in [1.807, 2.05) is 23.1 Å². The zero-order valence-electron chi connectivity index (χ0n) is 14.6. The molecule has 0 aromatic heterocycles. The second-order valence-electron chi connectivity index (χ2n) is 7.17. The Bertz CT molecular complexity index is 575. The number of carbonyl (C=O) groups is 2. The Morgan fingerprint density at radius 2 is 1.72 bits per heavy atom. The van der Waals surface area contributed by atoms with Gasteiger partial charge in [0.15, 0.2) is 0 Å². The van der Waals surface area contributed by atoms with Crippen LogP contribution in [0, 0.1) is 11.8 Å². The fourth-order valence-electron chi connectivity index (χ4n) is 3.96. The summed E-state index contributed by atoms with van der Waals surface area (Å²) in [7, 11) is 0. The highest BCUT2D eigenvalue weighted by Gasteiger charge is 2.35. The number of carboxylic acid groups (broad SMARTS) is 1. The first-order valence-corrected chi connectivity index (χ1v) is 9.30. The van der Waals surface area contributed by atoms with E-state index in [9.17, 15) is 9.59 Å². The van der Waals surface area contributed by atoms with Gasteiger partial charge in [0, 0.05) is 19.1 Å². The quantitative estimate of drug-likeness (QED) is 0.861. The van der Waals surface area contributed by atoms with E-state index in [0.29, 0.717) is 45.4 Å². The van der Waals surface area contributed by atoms with Crippen LogP contribution in [0.5, 0.6) is 0 Å². The smallest absolute Gasteiger partial charge is 0.306 e. The molecule has 25 heavy (non-hydrogen) atoms. The zero-order chi connectivity index (χ0) is 17.6. The molecule has 2 aliphatic rings. The minimum Gasteiger partial charge on any atom is -0.481 e. The Kier molecular flexibility index (Phi) is 6.08. The lowest BCUT2D eigenvalue weighted by Gasteiger charge is -2.34. The van der Waals surface area contributed by atoms with Gasteiger partial charge in [-0.15, -0.1) is 0 Å². The fraction of sp³-hybridized carbons (Fsp3) is 0.600. The highest BCUT2D eigenvalue weighted by Crippen LogP contribution is 2.31. The maximum absolute atomic E-state index is 13.1. The Balaban J connectivity index is 1.62. The van der Waals surface area contributed by atoms with Crippen LogP contribution in [0.15, 0.2) is 30.3 Å².